The van der Waals surface area contributed by atoms with Crippen molar-refractivity contribution in [3.8, 4) is 5.75 Å². The minimum absolute atomic E-state index is 0.0175. The summed E-state index contributed by atoms with van der Waals surface area (Å²) in [6.45, 7) is 10.7. The van der Waals surface area contributed by atoms with Crippen LogP contribution < -0.4 is 10.1 Å². The Hall–Kier alpha value is -1.95. The van der Waals surface area contributed by atoms with Crippen LogP contribution in [0.1, 0.15) is 46.6 Å². The predicted octanol–water partition coefficient (Wildman–Crippen LogP) is 3.80. The number of piperidine rings is 1. The van der Waals surface area contributed by atoms with Gasteiger partial charge in [-0.3, -0.25) is 4.79 Å². The summed E-state index contributed by atoms with van der Waals surface area (Å²) in [5, 5.41) is 3.61. The van der Waals surface area contributed by atoms with Gasteiger partial charge in [-0.05, 0) is 51.0 Å². The number of alkyl carbamates (subject to hydrolysis) is 1. The van der Waals surface area contributed by atoms with Crippen LogP contribution in [0.3, 0.4) is 0 Å². The van der Waals surface area contributed by atoms with Gasteiger partial charge < -0.3 is 19.7 Å². The number of nitrogens with one attached hydrogen (secondary N) is 1. The van der Waals surface area contributed by atoms with Gasteiger partial charge in [0, 0.05) is 36.0 Å². The van der Waals surface area contributed by atoms with E-state index in [4.69, 9.17) is 21.1 Å². The van der Waals surface area contributed by atoms with Gasteiger partial charge in [-0.2, -0.15) is 0 Å². The molecule has 6 nitrogen and oxygen atoms in total. The fraction of sp³-hybridized carbons (Fsp3) is 0.619. The van der Waals surface area contributed by atoms with Crippen LogP contribution in [0.2, 0.25) is 5.02 Å². The van der Waals surface area contributed by atoms with Crippen molar-refractivity contribution in [3.63, 3.8) is 0 Å². The van der Waals surface area contributed by atoms with Gasteiger partial charge in [0.25, 0.3) is 5.91 Å². The lowest BCUT2D eigenvalue weighted by atomic mass is 9.79. The Balaban J connectivity index is 1.60. The van der Waals surface area contributed by atoms with Crippen molar-refractivity contribution in [3.05, 3.63) is 28.8 Å². The summed E-state index contributed by atoms with van der Waals surface area (Å²) < 4.78 is 11.2. The number of ether oxygens (including phenoxy) is 2. The van der Waals surface area contributed by atoms with Gasteiger partial charge in [0.1, 0.15) is 11.4 Å². The number of likely N-dealkylation sites (tertiary alicyclic amines) is 1. The average Bonchev–Trinajstić information content (AvgIpc) is 2.97. The zero-order valence-electron chi connectivity index (χ0n) is 17.2. The van der Waals surface area contributed by atoms with Gasteiger partial charge >= 0.3 is 6.09 Å². The Morgan fingerprint density at radius 1 is 1.32 bits per heavy atom. The van der Waals surface area contributed by atoms with Crippen LogP contribution in [0.4, 0.5) is 4.79 Å². The van der Waals surface area contributed by atoms with Crippen molar-refractivity contribution in [2.75, 3.05) is 13.1 Å². The fourth-order valence-corrected chi connectivity index (χ4v) is 4.02. The third kappa shape index (κ3) is 4.72. The van der Waals surface area contributed by atoms with Crippen molar-refractivity contribution in [1.82, 2.24) is 10.2 Å². The second kappa shape index (κ2) is 7.47. The number of halogens is 1. The van der Waals surface area contributed by atoms with E-state index >= 15 is 0 Å². The number of nitrogens with zero attached hydrogens (tertiary/aromatic N) is 1. The van der Waals surface area contributed by atoms with Crippen LogP contribution >= 0.6 is 11.6 Å². The molecular formula is C21H29ClN2O4. The highest BCUT2D eigenvalue weighted by Gasteiger charge is 2.42. The monoisotopic (exact) mass is 408 g/mol. The Labute approximate surface area is 171 Å². The first-order valence-electron chi connectivity index (χ1n) is 9.68. The van der Waals surface area contributed by atoms with Gasteiger partial charge in [-0.25, -0.2) is 4.79 Å². The molecule has 2 aliphatic heterocycles. The molecule has 1 fully saturated rings. The van der Waals surface area contributed by atoms with Crippen molar-refractivity contribution < 1.29 is 19.1 Å². The van der Waals surface area contributed by atoms with Gasteiger partial charge in [0.15, 0.2) is 6.10 Å². The zero-order chi connectivity index (χ0) is 20.7. The van der Waals surface area contributed by atoms with E-state index in [1.54, 1.807) is 6.07 Å². The van der Waals surface area contributed by atoms with Crippen molar-refractivity contribution in [1.29, 1.82) is 0 Å². The Bertz CT molecular complexity index is 772. The maximum absolute atomic E-state index is 13.0. The van der Waals surface area contributed by atoms with Crippen LogP contribution in [0.5, 0.6) is 5.75 Å². The van der Waals surface area contributed by atoms with Crippen molar-refractivity contribution in [2.24, 2.45) is 5.41 Å². The van der Waals surface area contributed by atoms with Gasteiger partial charge in [0.2, 0.25) is 0 Å². The molecule has 3 rings (SSSR count). The smallest absolute Gasteiger partial charge is 0.407 e. The second-order valence-corrected chi connectivity index (χ2v) is 9.73. The van der Waals surface area contributed by atoms with E-state index in [1.165, 1.54) is 0 Å². The number of hydrogen-bond donors (Lipinski definition) is 1. The molecule has 1 aromatic rings. The molecule has 0 aliphatic carbocycles. The van der Waals surface area contributed by atoms with Crippen LogP contribution in [0.15, 0.2) is 18.2 Å². The highest BCUT2D eigenvalue weighted by molar-refractivity contribution is 6.30. The molecule has 154 valence electrons. The van der Waals surface area contributed by atoms with Crippen molar-refractivity contribution >= 4 is 23.6 Å². The second-order valence-electron chi connectivity index (χ2n) is 9.30. The fourth-order valence-electron chi connectivity index (χ4n) is 3.82. The molecule has 1 N–H and O–H groups in total. The third-order valence-corrected chi connectivity index (χ3v) is 5.44. The molecule has 0 bridgehead atoms. The summed E-state index contributed by atoms with van der Waals surface area (Å²) in [4.78, 5) is 27.0. The normalized spacial score (nSPS) is 23.6. The first-order valence-corrected chi connectivity index (χ1v) is 10.1. The largest absolute Gasteiger partial charge is 0.480 e. The average molecular weight is 409 g/mol. The molecule has 28 heavy (non-hydrogen) atoms. The van der Waals surface area contributed by atoms with Crippen LogP contribution in [0, 0.1) is 5.41 Å². The van der Waals surface area contributed by atoms with Gasteiger partial charge in [-0.1, -0.05) is 25.4 Å². The highest BCUT2D eigenvalue weighted by Crippen LogP contribution is 2.34. The summed E-state index contributed by atoms with van der Waals surface area (Å²) >= 11 is 6.04. The lowest BCUT2D eigenvalue weighted by Gasteiger charge is -2.44. The summed E-state index contributed by atoms with van der Waals surface area (Å²) in [5.41, 5.74) is 0.147. The molecule has 7 heteroatoms. The molecular weight excluding hydrogens is 380 g/mol. The third-order valence-electron chi connectivity index (χ3n) is 5.20. The van der Waals surface area contributed by atoms with Crippen molar-refractivity contribution in [2.45, 2.75) is 65.2 Å². The molecule has 0 aromatic heterocycles. The van der Waals surface area contributed by atoms with E-state index in [0.717, 1.165) is 11.3 Å². The number of carbonyl (C=O) groups excluding carboxylic acids is 2. The predicted molar refractivity (Wildman–Crippen MR) is 108 cm³/mol. The maximum Gasteiger partial charge on any atom is 0.407 e. The molecule has 2 amide bonds. The number of hydrogen-bond acceptors (Lipinski definition) is 4. The van der Waals surface area contributed by atoms with E-state index in [2.05, 4.69) is 19.2 Å². The molecule has 1 saturated heterocycles. The number of amides is 2. The summed E-state index contributed by atoms with van der Waals surface area (Å²) in [6.07, 6.45) is 0.269. The lowest BCUT2D eigenvalue weighted by Crippen LogP contribution is -2.58. The number of rotatable bonds is 2. The molecule has 0 saturated carbocycles. The number of fused-ring (bicyclic) bond motifs is 1. The molecule has 2 heterocycles. The maximum atomic E-state index is 13.0. The van der Waals surface area contributed by atoms with Crippen LogP contribution in [-0.4, -0.2) is 47.7 Å². The van der Waals surface area contributed by atoms with E-state index in [0.29, 0.717) is 31.0 Å². The summed E-state index contributed by atoms with van der Waals surface area (Å²) in [7, 11) is 0. The van der Waals surface area contributed by atoms with Crippen LogP contribution in [0.25, 0.3) is 0 Å². The van der Waals surface area contributed by atoms with Gasteiger partial charge in [-0.15, -0.1) is 0 Å². The molecule has 1 aromatic carbocycles. The Morgan fingerprint density at radius 3 is 2.68 bits per heavy atom. The molecule has 0 unspecified atom stereocenters. The Morgan fingerprint density at radius 2 is 2.04 bits per heavy atom. The Kier molecular flexibility index (Phi) is 5.54. The van der Waals surface area contributed by atoms with E-state index in [9.17, 15) is 9.59 Å². The SMILES string of the molecule is CC(C)(C)OC(=O)N[C@H]1CCN(C(=O)[C@@H]2Cc3cc(Cl)ccc3O2)CC1(C)C. The van der Waals surface area contributed by atoms with Gasteiger partial charge in [0.05, 0.1) is 0 Å². The van der Waals surface area contributed by atoms with E-state index in [1.807, 2.05) is 37.8 Å². The molecule has 2 atom stereocenters. The number of benzene rings is 1. The van der Waals surface area contributed by atoms with Crippen LogP contribution in [-0.2, 0) is 16.0 Å². The minimum atomic E-state index is -0.539. The summed E-state index contributed by atoms with van der Waals surface area (Å²) in [5.74, 6) is 0.708. The first-order chi connectivity index (χ1) is 12.9. The van der Waals surface area contributed by atoms with E-state index in [-0.39, 0.29) is 17.4 Å². The zero-order valence-corrected chi connectivity index (χ0v) is 17.9. The lowest BCUT2D eigenvalue weighted by molar-refractivity contribution is -0.141. The standard InChI is InChI=1S/C21H29ClN2O4/c1-20(2,3)28-19(26)23-17-8-9-24(12-21(17,4)5)18(25)16-11-13-10-14(22)6-7-15(13)27-16/h6-7,10,16-17H,8-9,11-12H2,1-5H3,(H,23,26)/t16-,17-/m0/s1. The number of carbonyl (C=O) groups is 2. The minimum Gasteiger partial charge on any atom is -0.480 e. The molecule has 2 aliphatic rings. The highest BCUT2D eigenvalue weighted by atomic mass is 35.5. The first kappa shape index (κ1) is 20.8. The summed E-state index contributed by atoms with van der Waals surface area (Å²) in [6, 6.07) is 5.37. The topological polar surface area (TPSA) is 67.9 Å². The molecule has 0 radical (unpaired) electrons. The van der Waals surface area contributed by atoms with E-state index < -0.39 is 17.8 Å². The molecule has 0 spiro atoms. The quantitative estimate of drug-likeness (QED) is 0.808.